The summed E-state index contributed by atoms with van der Waals surface area (Å²) in [5.41, 5.74) is 4.67. The second kappa shape index (κ2) is 11.1. The van der Waals surface area contributed by atoms with E-state index in [9.17, 15) is 4.79 Å². The molecule has 0 bridgehead atoms. The molecule has 7 heteroatoms. The lowest BCUT2D eigenvalue weighted by molar-refractivity contribution is 0.0952. The fraction of sp³-hybridized carbons (Fsp3) is 0.346. The molecule has 2 N–H and O–H groups in total. The molecule has 5 nitrogen and oxygen atoms in total. The molecule has 174 valence electrons. The Balaban J connectivity index is 1.17. The van der Waals surface area contributed by atoms with Gasteiger partial charge in [-0.2, -0.15) is 0 Å². The largest absolute Gasteiger partial charge is 0.368 e. The van der Waals surface area contributed by atoms with E-state index in [0.29, 0.717) is 22.2 Å². The summed E-state index contributed by atoms with van der Waals surface area (Å²) in [6.07, 6.45) is 2.01. The third-order valence-corrected chi connectivity index (χ3v) is 6.98. The molecule has 0 unspecified atom stereocenters. The van der Waals surface area contributed by atoms with Crippen LogP contribution in [0.5, 0.6) is 0 Å². The van der Waals surface area contributed by atoms with Gasteiger partial charge in [0.25, 0.3) is 5.91 Å². The third kappa shape index (κ3) is 5.91. The lowest BCUT2D eigenvalue weighted by atomic mass is 10.1. The topological polar surface area (TPSA) is 51.4 Å². The van der Waals surface area contributed by atoms with Gasteiger partial charge in [0.2, 0.25) is 0 Å². The number of amides is 1. The van der Waals surface area contributed by atoms with Gasteiger partial charge in [0.15, 0.2) is 0 Å². The Kier molecular flexibility index (Phi) is 7.97. The van der Waals surface area contributed by atoms with Crippen LogP contribution in [0.15, 0.2) is 54.6 Å². The van der Waals surface area contributed by atoms with Crippen molar-refractivity contribution in [1.82, 2.24) is 15.2 Å². The number of unbranched alkanes of at least 4 members (excludes halogenated alkanes) is 1. The Morgan fingerprint density at radius 1 is 1.00 bits per heavy atom. The third-order valence-electron chi connectivity index (χ3n) is 6.18. The highest BCUT2D eigenvalue weighted by atomic mass is 35.5. The second-order valence-electron chi connectivity index (χ2n) is 8.45. The van der Waals surface area contributed by atoms with E-state index < -0.39 is 0 Å². The van der Waals surface area contributed by atoms with Crippen LogP contribution in [0.25, 0.3) is 11.3 Å². The molecule has 33 heavy (non-hydrogen) atoms. The number of carbonyl (C=O) groups excluding carboxylic acids is 1. The first-order valence-electron chi connectivity index (χ1n) is 11.5. The number of rotatable bonds is 8. The molecular weight excluding hydrogens is 455 g/mol. The van der Waals surface area contributed by atoms with Gasteiger partial charge >= 0.3 is 0 Å². The maximum atomic E-state index is 12.6. The average Bonchev–Trinajstić information content (AvgIpc) is 3.23. The monoisotopic (exact) mass is 484 g/mol. The van der Waals surface area contributed by atoms with Gasteiger partial charge in [0, 0.05) is 44.1 Å². The number of nitrogens with one attached hydrogen (secondary N) is 2. The van der Waals surface area contributed by atoms with Crippen LogP contribution < -0.4 is 10.2 Å². The fourth-order valence-electron chi connectivity index (χ4n) is 4.27. The van der Waals surface area contributed by atoms with Crippen molar-refractivity contribution in [2.45, 2.75) is 19.8 Å². The van der Waals surface area contributed by atoms with Gasteiger partial charge < -0.3 is 15.2 Å². The van der Waals surface area contributed by atoms with Crippen LogP contribution in [0.2, 0.25) is 10.0 Å². The SMILES string of the molecule is Cc1[nH]c(-c2ccccc2)cc1C(=O)NCCCCN1CCN(c2cccc(Cl)c2Cl)CC1. The number of hydrogen-bond acceptors (Lipinski definition) is 3. The number of piperazine rings is 1. The van der Waals surface area contributed by atoms with Gasteiger partial charge in [-0.25, -0.2) is 0 Å². The number of aromatic nitrogens is 1. The first-order chi connectivity index (χ1) is 16.0. The van der Waals surface area contributed by atoms with Crippen LogP contribution in [-0.2, 0) is 0 Å². The first-order valence-corrected chi connectivity index (χ1v) is 12.2. The first kappa shape index (κ1) is 23.7. The zero-order valence-electron chi connectivity index (χ0n) is 18.9. The van der Waals surface area contributed by atoms with Crippen molar-refractivity contribution in [2.75, 3.05) is 44.2 Å². The zero-order valence-corrected chi connectivity index (χ0v) is 20.4. The molecule has 1 saturated heterocycles. The summed E-state index contributed by atoms with van der Waals surface area (Å²) in [7, 11) is 0. The van der Waals surface area contributed by atoms with Crippen LogP contribution in [0.4, 0.5) is 5.69 Å². The van der Waals surface area contributed by atoms with E-state index in [2.05, 4.69) is 20.1 Å². The highest BCUT2D eigenvalue weighted by Gasteiger charge is 2.19. The molecule has 3 aromatic rings. The normalized spacial score (nSPS) is 14.5. The summed E-state index contributed by atoms with van der Waals surface area (Å²) in [5, 5.41) is 4.31. The van der Waals surface area contributed by atoms with Crippen LogP contribution >= 0.6 is 23.2 Å². The number of anilines is 1. The van der Waals surface area contributed by atoms with Crippen molar-refractivity contribution in [3.05, 3.63) is 75.9 Å². The number of nitrogens with zero attached hydrogens (tertiary/aromatic N) is 2. The molecule has 0 atom stereocenters. The van der Waals surface area contributed by atoms with Crippen molar-refractivity contribution in [2.24, 2.45) is 0 Å². The van der Waals surface area contributed by atoms with Crippen molar-refractivity contribution in [3.8, 4) is 11.3 Å². The standard InChI is InChI=1S/C26H30Cl2N4O/c1-19-21(18-23(30-19)20-8-3-2-4-9-20)26(33)29-12-5-6-13-31-14-16-32(17-15-31)24-11-7-10-22(27)25(24)28/h2-4,7-11,18,30H,5-6,12-17H2,1H3,(H,29,33). The van der Waals surface area contributed by atoms with E-state index in [1.807, 2.05) is 61.5 Å². The Hall–Kier alpha value is -2.47. The summed E-state index contributed by atoms with van der Waals surface area (Å²) < 4.78 is 0. The number of aryl methyl sites for hydroxylation is 1. The van der Waals surface area contributed by atoms with Gasteiger partial charge in [-0.15, -0.1) is 0 Å². The highest BCUT2D eigenvalue weighted by molar-refractivity contribution is 6.43. The molecule has 1 amide bonds. The van der Waals surface area contributed by atoms with Crippen LogP contribution in [0, 0.1) is 6.92 Å². The average molecular weight is 485 g/mol. The minimum atomic E-state index is -0.0158. The molecule has 0 spiro atoms. The maximum absolute atomic E-state index is 12.6. The molecule has 1 aliphatic rings. The van der Waals surface area contributed by atoms with Gasteiger partial charge in [-0.1, -0.05) is 59.6 Å². The summed E-state index contributed by atoms with van der Waals surface area (Å²) in [5.74, 6) is -0.0158. The van der Waals surface area contributed by atoms with E-state index in [1.165, 1.54) is 0 Å². The molecule has 1 aliphatic heterocycles. The molecule has 1 fully saturated rings. The Labute approximate surface area is 205 Å². The quantitative estimate of drug-likeness (QED) is 0.407. The van der Waals surface area contributed by atoms with E-state index in [0.717, 1.165) is 68.2 Å². The highest BCUT2D eigenvalue weighted by Crippen LogP contribution is 2.32. The number of carbonyl (C=O) groups is 1. The summed E-state index contributed by atoms with van der Waals surface area (Å²) in [6.45, 7) is 7.54. The number of benzene rings is 2. The summed E-state index contributed by atoms with van der Waals surface area (Å²) >= 11 is 12.5. The van der Waals surface area contributed by atoms with E-state index >= 15 is 0 Å². The molecule has 4 rings (SSSR count). The van der Waals surface area contributed by atoms with Gasteiger partial charge in [-0.3, -0.25) is 9.69 Å². The Morgan fingerprint density at radius 2 is 1.76 bits per heavy atom. The summed E-state index contributed by atoms with van der Waals surface area (Å²) in [6, 6.07) is 17.8. The predicted molar refractivity (Wildman–Crippen MR) is 138 cm³/mol. The zero-order chi connectivity index (χ0) is 23.2. The Morgan fingerprint density at radius 3 is 2.52 bits per heavy atom. The lowest BCUT2D eigenvalue weighted by Gasteiger charge is -2.36. The second-order valence-corrected chi connectivity index (χ2v) is 9.24. The summed E-state index contributed by atoms with van der Waals surface area (Å²) in [4.78, 5) is 20.7. The minimum Gasteiger partial charge on any atom is -0.368 e. The number of H-pyrrole nitrogens is 1. The van der Waals surface area contributed by atoms with Crippen molar-refractivity contribution < 1.29 is 4.79 Å². The molecule has 1 aromatic heterocycles. The molecular formula is C26H30Cl2N4O. The number of hydrogen-bond donors (Lipinski definition) is 2. The predicted octanol–water partition coefficient (Wildman–Crippen LogP) is 5.63. The fourth-order valence-corrected chi connectivity index (χ4v) is 4.69. The number of halogens is 2. The van der Waals surface area contributed by atoms with Crippen molar-refractivity contribution >= 4 is 34.8 Å². The minimum absolute atomic E-state index is 0.0158. The molecule has 2 heterocycles. The molecule has 2 aromatic carbocycles. The molecule has 0 radical (unpaired) electrons. The number of aromatic amines is 1. The molecule has 0 saturated carbocycles. The van der Waals surface area contributed by atoms with Crippen LogP contribution in [-0.4, -0.2) is 55.1 Å². The smallest absolute Gasteiger partial charge is 0.253 e. The van der Waals surface area contributed by atoms with E-state index in [4.69, 9.17) is 23.2 Å². The van der Waals surface area contributed by atoms with Gasteiger partial charge in [0.05, 0.1) is 21.3 Å². The lowest BCUT2D eigenvalue weighted by Crippen LogP contribution is -2.46. The van der Waals surface area contributed by atoms with Crippen molar-refractivity contribution in [1.29, 1.82) is 0 Å². The van der Waals surface area contributed by atoms with E-state index in [1.54, 1.807) is 0 Å². The van der Waals surface area contributed by atoms with Gasteiger partial charge in [-0.05, 0) is 50.1 Å². The Bertz CT molecular complexity index is 1080. The van der Waals surface area contributed by atoms with E-state index in [-0.39, 0.29) is 5.91 Å². The van der Waals surface area contributed by atoms with Crippen molar-refractivity contribution in [3.63, 3.8) is 0 Å². The maximum Gasteiger partial charge on any atom is 0.253 e. The molecule has 0 aliphatic carbocycles. The van der Waals surface area contributed by atoms with Crippen LogP contribution in [0.3, 0.4) is 0 Å². The van der Waals surface area contributed by atoms with Crippen LogP contribution in [0.1, 0.15) is 28.9 Å². The van der Waals surface area contributed by atoms with Gasteiger partial charge in [0.1, 0.15) is 0 Å².